The van der Waals surface area contributed by atoms with E-state index in [4.69, 9.17) is 11.6 Å². The van der Waals surface area contributed by atoms with Gasteiger partial charge in [0, 0.05) is 18.6 Å². The monoisotopic (exact) mass is 289 g/mol. The molecule has 1 N–H and O–H groups in total. The number of alkyl halides is 1. The third-order valence-corrected chi connectivity index (χ3v) is 3.82. The third-order valence-electron chi connectivity index (χ3n) is 2.51. The van der Waals surface area contributed by atoms with Crippen molar-refractivity contribution in [1.82, 2.24) is 5.32 Å². The summed E-state index contributed by atoms with van der Waals surface area (Å²) >= 11 is 5.47. The van der Waals surface area contributed by atoms with Gasteiger partial charge < -0.3 is 5.32 Å². The Labute approximate surface area is 112 Å². The molecule has 0 aliphatic heterocycles. The van der Waals surface area contributed by atoms with Gasteiger partial charge >= 0.3 is 0 Å². The van der Waals surface area contributed by atoms with E-state index < -0.39 is 9.84 Å². The first-order chi connectivity index (χ1) is 8.34. The van der Waals surface area contributed by atoms with Crippen LogP contribution in [-0.4, -0.2) is 26.5 Å². The number of carbonyl (C=O) groups is 1. The van der Waals surface area contributed by atoms with Crippen molar-refractivity contribution in [2.45, 2.75) is 24.3 Å². The van der Waals surface area contributed by atoms with Crippen LogP contribution >= 0.6 is 11.6 Å². The fourth-order valence-electron chi connectivity index (χ4n) is 1.49. The van der Waals surface area contributed by atoms with Crippen molar-refractivity contribution in [2.75, 3.05) is 12.1 Å². The van der Waals surface area contributed by atoms with E-state index in [9.17, 15) is 13.2 Å². The number of amides is 1. The number of hydrogen-bond acceptors (Lipinski definition) is 3. The molecule has 0 bridgehead atoms. The summed E-state index contributed by atoms with van der Waals surface area (Å²) in [4.78, 5) is 11.6. The average molecular weight is 290 g/mol. The molecule has 0 aliphatic rings. The van der Waals surface area contributed by atoms with Gasteiger partial charge in [-0.3, -0.25) is 4.79 Å². The highest BCUT2D eigenvalue weighted by molar-refractivity contribution is 7.90. The molecule has 0 saturated carbocycles. The maximum absolute atomic E-state index is 11.4. The summed E-state index contributed by atoms with van der Waals surface area (Å²) in [7, 11) is -3.18. The molecular formula is C12H16ClNO3S. The lowest BCUT2D eigenvalue weighted by Crippen LogP contribution is -2.26. The smallest absolute Gasteiger partial charge is 0.221 e. The number of hydrogen-bond donors (Lipinski definition) is 1. The van der Waals surface area contributed by atoms with Gasteiger partial charge in [-0.15, -0.1) is 11.6 Å². The molecular weight excluding hydrogens is 274 g/mol. The Morgan fingerprint density at radius 1 is 1.33 bits per heavy atom. The summed E-state index contributed by atoms with van der Waals surface area (Å²) in [6.45, 7) is 1.83. The molecule has 0 heterocycles. The molecule has 4 nitrogen and oxygen atoms in total. The van der Waals surface area contributed by atoms with E-state index in [2.05, 4.69) is 5.32 Å². The maximum Gasteiger partial charge on any atom is 0.221 e. The predicted octanol–water partition coefficient (Wildman–Crippen LogP) is 1.90. The Hall–Kier alpha value is -1.07. The fourth-order valence-corrected chi connectivity index (χ4v) is 2.29. The van der Waals surface area contributed by atoms with Crippen LogP contribution in [0.5, 0.6) is 0 Å². The lowest BCUT2D eigenvalue weighted by Gasteiger charge is -2.14. The molecule has 1 amide bonds. The van der Waals surface area contributed by atoms with Crippen molar-refractivity contribution < 1.29 is 13.2 Å². The number of nitrogens with one attached hydrogen (secondary N) is 1. The van der Waals surface area contributed by atoms with E-state index in [1.165, 1.54) is 12.1 Å². The van der Waals surface area contributed by atoms with Crippen molar-refractivity contribution in [3.8, 4) is 0 Å². The molecule has 0 radical (unpaired) electrons. The van der Waals surface area contributed by atoms with Gasteiger partial charge in [-0.1, -0.05) is 12.1 Å². The Balaban J connectivity index is 2.76. The fraction of sp³-hybridized carbons (Fsp3) is 0.417. The van der Waals surface area contributed by atoms with Crippen molar-refractivity contribution >= 4 is 27.3 Å². The number of halogens is 1. The molecule has 18 heavy (non-hydrogen) atoms. The highest BCUT2D eigenvalue weighted by atomic mass is 35.5. The normalized spacial score (nSPS) is 13.1. The lowest BCUT2D eigenvalue weighted by atomic mass is 10.1. The van der Waals surface area contributed by atoms with Crippen LogP contribution in [0.4, 0.5) is 0 Å². The second-order valence-electron chi connectivity index (χ2n) is 4.07. The summed E-state index contributed by atoms with van der Waals surface area (Å²) in [5.41, 5.74) is 0.852. The Bertz CT molecular complexity index is 511. The Kier molecular flexibility index (Phi) is 5.16. The van der Waals surface area contributed by atoms with Crippen LogP contribution in [0.1, 0.15) is 24.9 Å². The van der Waals surface area contributed by atoms with Gasteiger partial charge in [-0.2, -0.15) is 0 Å². The van der Waals surface area contributed by atoms with Gasteiger partial charge in [-0.05, 0) is 24.6 Å². The van der Waals surface area contributed by atoms with Crippen LogP contribution in [0.3, 0.4) is 0 Å². The molecule has 1 aromatic rings. The first-order valence-corrected chi connectivity index (χ1v) is 7.92. The molecule has 6 heteroatoms. The first kappa shape index (κ1) is 15.0. The molecule has 0 saturated heterocycles. The van der Waals surface area contributed by atoms with Gasteiger partial charge in [0.25, 0.3) is 0 Å². The van der Waals surface area contributed by atoms with Gasteiger partial charge in [0.05, 0.1) is 10.9 Å². The maximum atomic E-state index is 11.4. The summed E-state index contributed by atoms with van der Waals surface area (Å²) < 4.78 is 22.6. The summed E-state index contributed by atoms with van der Waals surface area (Å²) in [5.74, 6) is 0.163. The van der Waals surface area contributed by atoms with Crippen LogP contribution in [0.2, 0.25) is 0 Å². The highest BCUT2D eigenvalue weighted by Gasteiger charge is 2.11. The number of benzene rings is 1. The van der Waals surface area contributed by atoms with Gasteiger partial charge in [0.2, 0.25) is 5.91 Å². The van der Waals surface area contributed by atoms with Crippen molar-refractivity contribution in [3.05, 3.63) is 29.8 Å². The largest absolute Gasteiger partial charge is 0.350 e. The predicted molar refractivity (Wildman–Crippen MR) is 71.4 cm³/mol. The third kappa shape index (κ3) is 4.31. The second-order valence-corrected chi connectivity index (χ2v) is 6.46. The van der Waals surface area contributed by atoms with Crippen LogP contribution in [-0.2, 0) is 14.6 Å². The second kappa shape index (κ2) is 6.20. The standard InChI is InChI=1S/C12H16ClNO3S/c1-9(14-12(15)7-8-13)10-3-5-11(6-4-10)18(2,16)17/h3-6,9H,7-8H2,1-2H3,(H,14,15). The molecule has 0 spiro atoms. The molecule has 0 fully saturated rings. The van der Waals surface area contributed by atoms with E-state index in [0.717, 1.165) is 11.8 Å². The molecule has 1 aromatic carbocycles. The van der Waals surface area contributed by atoms with Crippen molar-refractivity contribution in [1.29, 1.82) is 0 Å². The van der Waals surface area contributed by atoms with Crippen LogP contribution in [0, 0.1) is 0 Å². The SMILES string of the molecule is CC(NC(=O)CCCl)c1ccc(S(C)(=O)=O)cc1. The molecule has 1 rings (SSSR count). The summed E-state index contributed by atoms with van der Waals surface area (Å²) in [5, 5.41) is 2.78. The van der Waals surface area contributed by atoms with Crippen LogP contribution in [0.25, 0.3) is 0 Å². The summed E-state index contributed by atoms with van der Waals surface area (Å²) in [6.07, 6.45) is 1.43. The van der Waals surface area contributed by atoms with E-state index >= 15 is 0 Å². The van der Waals surface area contributed by atoms with E-state index in [1.54, 1.807) is 12.1 Å². The highest BCUT2D eigenvalue weighted by Crippen LogP contribution is 2.16. The van der Waals surface area contributed by atoms with Crippen LogP contribution in [0.15, 0.2) is 29.2 Å². The zero-order chi connectivity index (χ0) is 13.8. The zero-order valence-corrected chi connectivity index (χ0v) is 11.9. The quantitative estimate of drug-likeness (QED) is 0.842. The first-order valence-electron chi connectivity index (χ1n) is 5.50. The van der Waals surface area contributed by atoms with E-state index in [0.29, 0.717) is 0 Å². The van der Waals surface area contributed by atoms with Gasteiger partial charge in [0.15, 0.2) is 9.84 Å². The average Bonchev–Trinajstić information content (AvgIpc) is 2.28. The molecule has 0 aliphatic carbocycles. The van der Waals surface area contributed by atoms with Crippen molar-refractivity contribution in [3.63, 3.8) is 0 Å². The Morgan fingerprint density at radius 2 is 1.89 bits per heavy atom. The lowest BCUT2D eigenvalue weighted by molar-refractivity contribution is -0.121. The molecule has 1 unspecified atom stereocenters. The zero-order valence-electron chi connectivity index (χ0n) is 10.3. The minimum Gasteiger partial charge on any atom is -0.350 e. The van der Waals surface area contributed by atoms with Crippen LogP contribution < -0.4 is 5.32 Å². The van der Waals surface area contributed by atoms with E-state index in [-0.39, 0.29) is 29.1 Å². The number of carbonyl (C=O) groups excluding carboxylic acids is 1. The number of rotatable bonds is 5. The van der Waals surface area contributed by atoms with Crippen molar-refractivity contribution in [2.24, 2.45) is 0 Å². The van der Waals surface area contributed by atoms with Gasteiger partial charge in [-0.25, -0.2) is 8.42 Å². The van der Waals surface area contributed by atoms with E-state index in [1.807, 2.05) is 6.92 Å². The molecule has 100 valence electrons. The number of sulfone groups is 1. The van der Waals surface area contributed by atoms with Gasteiger partial charge in [0.1, 0.15) is 0 Å². The molecule has 1 atom stereocenters. The topological polar surface area (TPSA) is 63.2 Å². The Morgan fingerprint density at radius 3 is 2.33 bits per heavy atom. The summed E-state index contributed by atoms with van der Waals surface area (Å²) in [6, 6.07) is 6.29. The minimum atomic E-state index is -3.18. The molecule has 0 aromatic heterocycles. The minimum absolute atomic E-state index is 0.121.